The molecule has 3 heterocycles. The number of amides is 2. The molecular weight excluding hydrogens is 401 g/mol. The maximum absolute atomic E-state index is 14.9. The molecule has 31 heavy (non-hydrogen) atoms. The molecule has 166 valence electrons. The molecule has 0 bridgehead atoms. The zero-order valence-corrected chi connectivity index (χ0v) is 18.0. The van der Waals surface area contributed by atoms with Crippen LogP contribution in [0, 0.1) is 0 Å². The molecule has 2 aromatic heterocycles. The van der Waals surface area contributed by atoms with Gasteiger partial charge in [-0.25, -0.2) is 9.18 Å². The Bertz CT molecular complexity index is 932. The fraction of sp³-hybridized carbons (Fsp3) is 0.455. The summed E-state index contributed by atoms with van der Waals surface area (Å²) in [5, 5.41) is 3.10. The monoisotopic (exact) mass is 429 g/mol. The number of rotatable bonds is 5. The molecule has 0 saturated carbocycles. The molecule has 1 fully saturated rings. The third-order valence-corrected chi connectivity index (χ3v) is 4.85. The first-order chi connectivity index (χ1) is 14.6. The van der Waals surface area contributed by atoms with Gasteiger partial charge in [-0.2, -0.15) is 0 Å². The number of nitrogens with one attached hydrogen (secondary N) is 1. The van der Waals surface area contributed by atoms with Crippen LogP contribution in [0.15, 0.2) is 36.7 Å². The van der Waals surface area contributed by atoms with Crippen LogP contribution in [-0.2, 0) is 11.2 Å². The summed E-state index contributed by atoms with van der Waals surface area (Å²) in [4.78, 5) is 34.0. The van der Waals surface area contributed by atoms with Gasteiger partial charge < -0.3 is 20.7 Å². The van der Waals surface area contributed by atoms with Crippen molar-refractivity contribution in [3.8, 4) is 0 Å². The molecule has 2 atom stereocenters. The number of ether oxygens (including phenoxy) is 1. The van der Waals surface area contributed by atoms with Crippen molar-refractivity contribution in [1.29, 1.82) is 0 Å². The predicted octanol–water partition coefficient (Wildman–Crippen LogP) is 2.93. The van der Waals surface area contributed by atoms with Crippen LogP contribution in [0.3, 0.4) is 0 Å². The average Bonchev–Trinajstić information content (AvgIpc) is 2.69. The SMILES string of the molecule is CC(C)(C)OC(=O)N1CC[C@H](Nc2cc(Cc3ccccn3)ncc2C(N)=O)[C@H](F)C1. The minimum atomic E-state index is -1.34. The fourth-order valence-electron chi connectivity index (χ4n) is 3.36. The maximum atomic E-state index is 14.9. The van der Waals surface area contributed by atoms with Crippen molar-refractivity contribution < 1.29 is 18.7 Å². The van der Waals surface area contributed by atoms with E-state index in [4.69, 9.17) is 10.5 Å². The van der Waals surface area contributed by atoms with Crippen molar-refractivity contribution in [2.24, 2.45) is 5.73 Å². The van der Waals surface area contributed by atoms with E-state index in [0.29, 0.717) is 30.8 Å². The van der Waals surface area contributed by atoms with E-state index in [-0.39, 0.29) is 12.1 Å². The number of hydrogen-bond acceptors (Lipinski definition) is 6. The first-order valence-corrected chi connectivity index (χ1v) is 10.2. The van der Waals surface area contributed by atoms with E-state index in [1.165, 1.54) is 11.1 Å². The second kappa shape index (κ2) is 9.28. The largest absolute Gasteiger partial charge is 0.444 e. The van der Waals surface area contributed by atoms with Gasteiger partial charge in [-0.05, 0) is 45.4 Å². The molecule has 2 aromatic rings. The zero-order chi connectivity index (χ0) is 22.6. The number of hydrogen-bond donors (Lipinski definition) is 2. The van der Waals surface area contributed by atoms with E-state index in [2.05, 4.69) is 15.3 Å². The summed E-state index contributed by atoms with van der Waals surface area (Å²) in [6.07, 6.45) is 2.04. The normalized spacial score (nSPS) is 19.0. The topological polar surface area (TPSA) is 110 Å². The van der Waals surface area contributed by atoms with Gasteiger partial charge in [0.1, 0.15) is 11.8 Å². The van der Waals surface area contributed by atoms with Crippen LogP contribution in [0.5, 0.6) is 0 Å². The number of carbonyl (C=O) groups excluding carboxylic acids is 2. The van der Waals surface area contributed by atoms with E-state index in [1.807, 2.05) is 18.2 Å². The van der Waals surface area contributed by atoms with Crippen molar-refractivity contribution in [2.45, 2.75) is 51.4 Å². The lowest BCUT2D eigenvalue weighted by molar-refractivity contribution is 0.0125. The Hall–Kier alpha value is -3.23. The van der Waals surface area contributed by atoms with Crippen molar-refractivity contribution in [2.75, 3.05) is 18.4 Å². The number of nitrogens with zero attached hydrogens (tertiary/aromatic N) is 3. The molecule has 3 rings (SSSR count). The standard InChI is InChI=1S/C22H28FN5O3/c1-22(2,3)31-21(30)28-9-7-18(17(23)13-28)27-19-11-15(26-12-16(19)20(24)29)10-14-6-4-5-8-25-14/h4-6,8,11-12,17-18H,7,9-10,13H2,1-3H3,(H2,24,29)(H,26,27)/t17-,18+/m1/s1. The number of piperidine rings is 1. The maximum Gasteiger partial charge on any atom is 0.410 e. The Morgan fingerprint density at radius 2 is 2.06 bits per heavy atom. The minimum absolute atomic E-state index is 0.0929. The van der Waals surface area contributed by atoms with E-state index in [9.17, 15) is 14.0 Å². The van der Waals surface area contributed by atoms with Gasteiger partial charge in [0.05, 0.1) is 23.8 Å². The van der Waals surface area contributed by atoms with Gasteiger partial charge >= 0.3 is 6.09 Å². The number of pyridine rings is 2. The summed E-state index contributed by atoms with van der Waals surface area (Å²) in [5.41, 5.74) is 6.94. The van der Waals surface area contributed by atoms with Crippen LogP contribution in [-0.4, -0.2) is 57.8 Å². The Morgan fingerprint density at radius 3 is 2.68 bits per heavy atom. The predicted molar refractivity (Wildman–Crippen MR) is 115 cm³/mol. The molecule has 0 spiro atoms. The lowest BCUT2D eigenvalue weighted by Gasteiger charge is -2.36. The Morgan fingerprint density at radius 1 is 1.29 bits per heavy atom. The lowest BCUT2D eigenvalue weighted by atomic mass is 10.0. The number of halogens is 1. The van der Waals surface area contributed by atoms with Gasteiger partial charge in [0.2, 0.25) is 0 Å². The molecular formula is C22H28FN5O3. The van der Waals surface area contributed by atoms with Crippen LogP contribution in [0.25, 0.3) is 0 Å². The molecule has 3 N–H and O–H groups in total. The van der Waals surface area contributed by atoms with Crippen LogP contribution in [0.4, 0.5) is 14.9 Å². The molecule has 0 aromatic carbocycles. The van der Waals surface area contributed by atoms with E-state index in [0.717, 1.165) is 5.69 Å². The quantitative estimate of drug-likeness (QED) is 0.756. The number of nitrogens with two attached hydrogens (primary N) is 1. The zero-order valence-electron chi connectivity index (χ0n) is 18.0. The summed E-state index contributed by atoms with van der Waals surface area (Å²) in [6, 6.07) is 6.70. The number of carbonyl (C=O) groups is 2. The van der Waals surface area contributed by atoms with Crippen LogP contribution in [0.2, 0.25) is 0 Å². The lowest BCUT2D eigenvalue weighted by Crippen LogP contribution is -2.51. The van der Waals surface area contributed by atoms with Gasteiger partial charge in [0, 0.05) is 36.7 Å². The van der Waals surface area contributed by atoms with E-state index < -0.39 is 29.8 Å². The Labute approximate surface area is 181 Å². The minimum Gasteiger partial charge on any atom is -0.444 e. The molecule has 2 amide bonds. The van der Waals surface area contributed by atoms with Crippen molar-refractivity contribution in [1.82, 2.24) is 14.9 Å². The average molecular weight is 429 g/mol. The first kappa shape index (κ1) is 22.5. The number of likely N-dealkylation sites (tertiary alicyclic amines) is 1. The Kier molecular flexibility index (Phi) is 6.72. The highest BCUT2D eigenvalue weighted by Crippen LogP contribution is 2.24. The van der Waals surface area contributed by atoms with Crippen LogP contribution in [0.1, 0.15) is 48.9 Å². The molecule has 1 aliphatic heterocycles. The second-order valence-electron chi connectivity index (χ2n) is 8.57. The summed E-state index contributed by atoms with van der Waals surface area (Å²) in [6.45, 7) is 5.55. The highest BCUT2D eigenvalue weighted by atomic mass is 19.1. The first-order valence-electron chi connectivity index (χ1n) is 10.2. The van der Waals surface area contributed by atoms with E-state index >= 15 is 0 Å². The molecule has 1 saturated heterocycles. The van der Waals surface area contributed by atoms with Gasteiger partial charge in [0.25, 0.3) is 5.91 Å². The van der Waals surface area contributed by atoms with Gasteiger partial charge in [-0.1, -0.05) is 6.07 Å². The van der Waals surface area contributed by atoms with Crippen molar-refractivity contribution >= 4 is 17.7 Å². The summed E-state index contributed by atoms with van der Waals surface area (Å²) in [5.74, 6) is -0.652. The number of anilines is 1. The van der Waals surface area contributed by atoms with E-state index in [1.54, 1.807) is 33.0 Å². The number of aromatic nitrogens is 2. The van der Waals surface area contributed by atoms with Gasteiger partial charge in [0.15, 0.2) is 0 Å². The van der Waals surface area contributed by atoms with Crippen molar-refractivity contribution in [3.63, 3.8) is 0 Å². The molecule has 1 aliphatic rings. The summed E-state index contributed by atoms with van der Waals surface area (Å²) in [7, 11) is 0. The summed E-state index contributed by atoms with van der Waals surface area (Å²) < 4.78 is 20.2. The summed E-state index contributed by atoms with van der Waals surface area (Å²) >= 11 is 0. The van der Waals surface area contributed by atoms with Crippen molar-refractivity contribution in [3.05, 3.63) is 53.6 Å². The van der Waals surface area contributed by atoms with Gasteiger partial charge in [-0.3, -0.25) is 14.8 Å². The Balaban J connectivity index is 1.71. The highest BCUT2D eigenvalue weighted by Gasteiger charge is 2.34. The molecule has 9 heteroatoms. The van der Waals surface area contributed by atoms with Crippen LogP contribution < -0.4 is 11.1 Å². The molecule has 0 aliphatic carbocycles. The smallest absolute Gasteiger partial charge is 0.410 e. The highest BCUT2D eigenvalue weighted by molar-refractivity contribution is 5.98. The van der Waals surface area contributed by atoms with Gasteiger partial charge in [-0.15, -0.1) is 0 Å². The third kappa shape index (κ3) is 6.13. The van der Waals surface area contributed by atoms with Crippen LogP contribution >= 0.6 is 0 Å². The number of primary amides is 1. The fourth-order valence-corrected chi connectivity index (χ4v) is 3.36. The third-order valence-electron chi connectivity index (χ3n) is 4.85. The molecule has 8 nitrogen and oxygen atoms in total. The second-order valence-corrected chi connectivity index (χ2v) is 8.57. The molecule has 0 unspecified atom stereocenters. The number of alkyl halides is 1. The molecule has 0 radical (unpaired) electrons.